The molecule has 198 valence electrons. The van der Waals surface area contributed by atoms with Gasteiger partial charge in [-0.25, -0.2) is 4.79 Å². The molecule has 0 aliphatic heterocycles. The highest BCUT2D eigenvalue weighted by molar-refractivity contribution is 5.85. The number of ether oxygens (including phenoxy) is 3. The summed E-state index contributed by atoms with van der Waals surface area (Å²) in [5, 5.41) is 25.0. The number of allylic oxidation sites excluding steroid dienone is 2. The Morgan fingerprint density at radius 1 is 1.03 bits per heavy atom. The molecule has 3 rings (SSSR count). The van der Waals surface area contributed by atoms with Gasteiger partial charge in [-0.1, -0.05) is 36.4 Å². The van der Waals surface area contributed by atoms with Crippen molar-refractivity contribution >= 4 is 17.6 Å². The van der Waals surface area contributed by atoms with E-state index in [1.165, 1.54) is 0 Å². The molecule has 1 aliphatic rings. The number of hydrogen-bond donors (Lipinski definition) is 3. The normalized spacial score (nSPS) is 17.3. The van der Waals surface area contributed by atoms with E-state index in [2.05, 4.69) is 5.32 Å². The Morgan fingerprint density at radius 3 is 2.38 bits per heavy atom. The highest BCUT2D eigenvalue weighted by atomic mass is 16.6. The second kappa shape index (κ2) is 11.0. The van der Waals surface area contributed by atoms with Gasteiger partial charge in [0.25, 0.3) is 0 Å². The first-order chi connectivity index (χ1) is 17.4. The SMILES string of the molecule is CCOC(=O)Cc1ccccc1OC1(C)C(C)=CC(c2cccc(CNC(=O)OC(C)(C)C)c2O)=C1O. The van der Waals surface area contributed by atoms with Crippen LogP contribution in [0.3, 0.4) is 0 Å². The maximum atomic E-state index is 12.1. The van der Waals surface area contributed by atoms with E-state index >= 15 is 0 Å². The zero-order valence-corrected chi connectivity index (χ0v) is 22.2. The summed E-state index contributed by atoms with van der Waals surface area (Å²) in [7, 11) is 0. The van der Waals surface area contributed by atoms with Crippen LogP contribution in [0.15, 0.2) is 59.9 Å². The number of rotatable bonds is 8. The second-order valence-electron chi connectivity index (χ2n) is 9.98. The molecule has 0 bridgehead atoms. The van der Waals surface area contributed by atoms with Crippen LogP contribution in [0.2, 0.25) is 0 Å². The van der Waals surface area contributed by atoms with Gasteiger partial charge in [0.2, 0.25) is 0 Å². The van der Waals surface area contributed by atoms with Crippen molar-refractivity contribution in [3.63, 3.8) is 0 Å². The average molecular weight is 510 g/mol. The minimum Gasteiger partial charge on any atom is -0.507 e. The van der Waals surface area contributed by atoms with Gasteiger partial charge < -0.3 is 29.7 Å². The van der Waals surface area contributed by atoms with Crippen LogP contribution in [0.1, 0.15) is 58.2 Å². The minimum absolute atomic E-state index is 0.0354. The Balaban J connectivity index is 1.88. The summed E-state index contributed by atoms with van der Waals surface area (Å²) in [6, 6.07) is 12.2. The molecule has 1 atom stereocenters. The van der Waals surface area contributed by atoms with E-state index in [0.29, 0.717) is 33.6 Å². The van der Waals surface area contributed by atoms with Crippen LogP contribution < -0.4 is 10.1 Å². The molecule has 0 saturated heterocycles. The summed E-state index contributed by atoms with van der Waals surface area (Å²) in [5.74, 6) is -0.0812. The first-order valence-electron chi connectivity index (χ1n) is 12.2. The molecule has 1 aliphatic carbocycles. The number of phenols is 1. The van der Waals surface area contributed by atoms with Gasteiger partial charge in [-0.15, -0.1) is 0 Å². The van der Waals surface area contributed by atoms with Gasteiger partial charge in [-0.05, 0) is 59.3 Å². The second-order valence-corrected chi connectivity index (χ2v) is 9.98. The number of carbonyl (C=O) groups is 2. The van der Waals surface area contributed by atoms with Crippen LogP contribution in [0.5, 0.6) is 11.5 Å². The number of aliphatic hydroxyl groups excluding tert-OH is 1. The van der Waals surface area contributed by atoms with Gasteiger partial charge in [0.1, 0.15) is 22.9 Å². The Bertz CT molecular complexity index is 1240. The molecule has 3 N–H and O–H groups in total. The van der Waals surface area contributed by atoms with E-state index in [-0.39, 0.29) is 37.1 Å². The molecule has 8 nitrogen and oxygen atoms in total. The van der Waals surface area contributed by atoms with Crippen molar-refractivity contribution in [1.29, 1.82) is 0 Å². The molecule has 0 saturated carbocycles. The number of aliphatic hydroxyl groups is 1. The Labute approximate surface area is 217 Å². The molecular weight excluding hydrogens is 474 g/mol. The lowest BCUT2D eigenvalue weighted by atomic mass is 9.97. The fourth-order valence-corrected chi connectivity index (χ4v) is 3.97. The molecule has 0 heterocycles. The van der Waals surface area contributed by atoms with Gasteiger partial charge >= 0.3 is 12.1 Å². The van der Waals surface area contributed by atoms with Crippen molar-refractivity contribution in [2.24, 2.45) is 0 Å². The van der Waals surface area contributed by atoms with E-state index < -0.39 is 17.3 Å². The molecule has 2 aromatic carbocycles. The molecule has 1 unspecified atom stereocenters. The summed E-state index contributed by atoms with van der Waals surface area (Å²) in [6.07, 6.45) is 1.19. The molecular formula is C29H35NO7. The van der Waals surface area contributed by atoms with Gasteiger partial charge in [0.15, 0.2) is 5.60 Å². The summed E-state index contributed by atoms with van der Waals surface area (Å²) < 4.78 is 16.6. The zero-order valence-electron chi connectivity index (χ0n) is 22.2. The quantitative estimate of drug-likeness (QED) is 0.398. The van der Waals surface area contributed by atoms with Gasteiger partial charge in [-0.2, -0.15) is 0 Å². The summed E-state index contributed by atoms with van der Waals surface area (Å²) >= 11 is 0. The van der Waals surface area contributed by atoms with E-state index in [0.717, 1.165) is 0 Å². The Hall–Kier alpha value is -3.94. The number of benzene rings is 2. The number of para-hydroxylation sites is 2. The Kier molecular flexibility index (Phi) is 8.21. The van der Waals surface area contributed by atoms with Crippen LogP contribution in [0.25, 0.3) is 5.57 Å². The largest absolute Gasteiger partial charge is 0.507 e. The van der Waals surface area contributed by atoms with Gasteiger partial charge in [-0.3, -0.25) is 4.79 Å². The number of carbonyl (C=O) groups excluding carboxylic acids is 2. The average Bonchev–Trinajstić information content (AvgIpc) is 3.02. The van der Waals surface area contributed by atoms with Crippen LogP contribution in [-0.2, 0) is 27.2 Å². The number of alkyl carbamates (subject to hydrolysis) is 1. The molecule has 0 aromatic heterocycles. The van der Waals surface area contributed by atoms with Gasteiger partial charge in [0.05, 0.1) is 13.0 Å². The van der Waals surface area contributed by atoms with E-state index in [1.807, 2.05) is 6.92 Å². The molecule has 0 fully saturated rings. The van der Waals surface area contributed by atoms with Crippen molar-refractivity contribution in [2.45, 2.75) is 65.7 Å². The first-order valence-corrected chi connectivity index (χ1v) is 12.2. The fourth-order valence-electron chi connectivity index (χ4n) is 3.97. The lowest BCUT2D eigenvalue weighted by Crippen LogP contribution is -2.34. The third kappa shape index (κ3) is 6.44. The fraction of sp³-hybridized carbons (Fsp3) is 0.379. The smallest absolute Gasteiger partial charge is 0.407 e. The first kappa shape index (κ1) is 27.6. The van der Waals surface area contributed by atoms with E-state index in [1.54, 1.807) is 83.2 Å². The van der Waals surface area contributed by atoms with Crippen LogP contribution in [-0.4, -0.2) is 40.1 Å². The summed E-state index contributed by atoms with van der Waals surface area (Å²) in [6.45, 7) is 10.9. The minimum atomic E-state index is -1.22. The highest BCUT2D eigenvalue weighted by Crippen LogP contribution is 2.44. The lowest BCUT2D eigenvalue weighted by Gasteiger charge is -2.29. The zero-order chi connectivity index (χ0) is 27.4. The van der Waals surface area contributed by atoms with E-state index in [4.69, 9.17) is 14.2 Å². The predicted octanol–water partition coefficient (Wildman–Crippen LogP) is 5.59. The molecule has 1 amide bonds. The maximum Gasteiger partial charge on any atom is 0.407 e. The van der Waals surface area contributed by atoms with Crippen molar-refractivity contribution in [1.82, 2.24) is 5.32 Å². The third-order valence-corrected chi connectivity index (χ3v) is 5.98. The molecule has 0 radical (unpaired) electrons. The molecule has 0 spiro atoms. The predicted molar refractivity (Wildman–Crippen MR) is 140 cm³/mol. The topological polar surface area (TPSA) is 114 Å². The molecule has 2 aromatic rings. The van der Waals surface area contributed by atoms with Crippen LogP contribution in [0.4, 0.5) is 4.79 Å². The van der Waals surface area contributed by atoms with Crippen molar-refractivity contribution in [2.75, 3.05) is 6.61 Å². The van der Waals surface area contributed by atoms with Crippen molar-refractivity contribution in [3.05, 3.63) is 76.6 Å². The number of aromatic hydroxyl groups is 1. The Morgan fingerprint density at radius 2 is 1.70 bits per heavy atom. The molecule has 8 heteroatoms. The van der Waals surface area contributed by atoms with Crippen LogP contribution >= 0.6 is 0 Å². The maximum absolute atomic E-state index is 12.1. The standard InChI is InChI=1S/C29H35NO7/c1-7-35-24(31)16-19-11-8-9-14-23(19)36-29(6)18(2)15-22(26(29)33)21-13-10-12-20(25(21)32)17-30-27(34)37-28(3,4)5/h8-15,32-33H,7,16-17H2,1-6H3,(H,30,34). The number of hydrogen-bond acceptors (Lipinski definition) is 7. The summed E-state index contributed by atoms with van der Waals surface area (Å²) in [5.41, 5.74) is 0.737. The highest BCUT2D eigenvalue weighted by Gasteiger charge is 2.41. The summed E-state index contributed by atoms with van der Waals surface area (Å²) in [4.78, 5) is 24.1. The lowest BCUT2D eigenvalue weighted by molar-refractivity contribution is -0.142. The monoisotopic (exact) mass is 509 g/mol. The number of esters is 1. The third-order valence-electron chi connectivity index (χ3n) is 5.98. The van der Waals surface area contributed by atoms with E-state index in [9.17, 15) is 19.8 Å². The number of amides is 1. The molecule has 37 heavy (non-hydrogen) atoms. The van der Waals surface area contributed by atoms with Crippen molar-refractivity contribution in [3.8, 4) is 11.5 Å². The van der Waals surface area contributed by atoms with Crippen molar-refractivity contribution < 1.29 is 34.0 Å². The van der Waals surface area contributed by atoms with Gasteiger partial charge in [0, 0.05) is 28.8 Å². The number of phenolic OH excluding ortho intramolecular Hbond substituents is 1. The number of nitrogens with one attached hydrogen (secondary N) is 1. The van der Waals surface area contributed by atoms with Crippen LogP contribution in [0, 0.1) is 0 Å².